The molecule has 28 heavy (non-hydrogen) atoms. The molecule has 1 unspecified atom stereocenters. The maximum absolute atomic E-state index is 12.5. The lowest BCUT2D eigenvalue weighted by atomic mass is 10.1. The van der Waals surface area contributed by atoms with Crippen LogP contribution in [0, 0.1) is 0 Å². The number of aromatic nitrogens is 2. The van der Waals surface area contributed by atoms with Crippen LogP contribution >= 0.6 is 0 Å². The van der Waals surface area contributed by atoms with Crippen LogP contribution in [0.5, 0.6) is 11.5 Å². The van der Waals surface area contributed by atoms with Crippen molar-refractivity contribution in [2.45, 2.75) is 13.0 Å². The molecule has 1 atom stereocenters. The van der Waals surface area contributed by atoms with Crippen LogP contribution in [0.3, 0.4) is 0 Å². The highest BCUT2D eigenvalue weighted by Crippen LogP contribution is 2.32. The molecular weight excluding hydrogens is 356 g/mol. The van der Waals surface area contributed by atoms with Gasteiger partial charge in [-0.3, -0.25) is 4.79 Å². The number of nitrogens with one attached hydrogen (secondary N) is 2. The normalized spacial score (nSPS) is 13.5. The molecule has 4 rings (SSSR count). The number of fused-ring (bicyclic) bond motifs is 1. The minimum absolute atomic E-state index is 0.0543. The van der Waals surface area contributed by atoms with Crippen LogP contribution in [-0.2, 0) is 0 Å². The molecule has 1 aliphatic rings. The van der Waals surface area contributed by atoms with Crippen molar-refractivity contribution in [1.82, 2.24) is 9.97 Å². The fourth-order valence-corrected chi connectivity index (χ4v) is 2.86. The van der Waals surface area contributed by atoms with Crippen LogP contribution in [0.2, 0.25) is 0 Å². The second kappa shape index (κ2) is 7.96. The van der Waals surface area contributed by atoms with E-state index in [9.17, 15) is 4.79 Å². The lowest BCUT2D eigenvalue weighted by molar-refractivity contribution is 0.102. The summed E-state index contributed by atoms with van der Waals surface area (Å²) in [6.07, 6.45) is 3.00. The molecule has 0 fully saturated rings. The second-order valence-corrected chi connectivity index (χ2v) is 6.38. The van der Waals surface area contributed by atoms with Crippen molar-refractivity contribution in [2.75, 3.05) is 23.8 Å². The van der Waals surface area contributed by atoms with E-state index in [4.69, 9.17) is 9.47 Å². The van der Waals surface area contributed by atoms with Crippen LogP contribution in [0.1, 0.15) is 28.9 Å². The van der Waals surface area contributed by atoms with Gasteiger partial charge in [0, 0.05) is 24.1 Å². The van der Waals surface area contributed by atoms with Gasteiger partial charge in [-0.2, -0.15) is 0 Å². The fourth-order valence-electron chi connectivity index (χ4n) is 2.86. The van der Waals surface area contributed by atoms with Crippen molar-refractivity contribution < 1.29 is 14.3 Å². The summed E-state index contributed by atoms with van der Waals surface area (Å²) in [4.78, 5) is 21.0. The van der Waals surface area contributed by atoms with E-state index in [0.717, 1.165) is 5.56 Å². The summed E-state index contributed by atoms with van der Waals surface area (Å²) >= 11 is 0. The van der Waals surface area contributed by atoms with Gasteiger partial charge in [-0.15, -0.1) is 0 Å². The van der Waals surface area contributed by atoms with Crippen LogP contribution in [0.15, 0.2) is 60.9 Å². The second-order valence-electron chi connectivity index (χ2n) is 6.38. The maximum atomic E-state index is 12.5. The molecule has 7 heteroatoms. The zero-order valence-electron chi connectivity index (χ0n) is 15.4. The summed E-state index contributed by atoms with van der Waals surface area (Å²) in [5.74, 6) is 1.47. The van der Waals surface area contributed by atoms with Crippen molar-refractivity contribution in [1.29, 1.82) is 0 Å². The molecule has 1 aliphatic heterocycles. The molecule has 7 nitrogen and oxygen atoms in total. The van der Waals surface area contributed by atoms with Crippen LogP contribution in [-0.4, -0.2) is 29.1 Å². The van der Waals surface area contributed by atoms with E-state index in [2.05, 4.69) is 20.6 Å². The Kier molecular flexibility index (Phi) is 5.05. The smallest absolute Gasteiger partial charge is 0.258 e. The van der Waals surface area contributed by atoms with Crippen molar-refractivity contribution in [3.8, 4) is 11.5 Å². The summed E-state index contributed by atoms with van der Waals surface area (Å²) in [5.41, 5.74) is 2.12. The van der Waals surface area contributed by atoms with Gasteiger partial charge in [0.15, 0.2) is 11.5 Å². The first kappa shape index (κ1) is 17.8. The van der Waals surface area contributed by atoms with Crippen molar-refractivity contribution in [2.24, 2.45) is 0 Å². The predicted octanol–water partition coefficient (Wildman–Crippen LogP) is 3.67. The molecule has 1 aromatic heterocycles. The molecule has 2 N–H and O–H groups in total. The molecule has 0 saturated carbocycles. The predicted molar refractivity (Wildman–Crippen MR) is 106 cm³/mol. The number of hydrogen-bond acceptors (Lipinski definition) is 6. The number of hydrogen-bond donors (Lipinski definition) is 2. The number of nitrogens with zero attached hydrogens (tertiary/aromatic N) is 2. The third kappa shape index (κ3) is 4.03. The maximum Gasteiger partial charge on any atom is 0.258 e. The molecule has 2 heterocycles. The van der Waals surface area contributed by atoms with E-state index in [-0.39, 0.29) is 11.9 Å². The fraction of sp³-hybridized carbons (Fsp3) is 0.190. The van der Waals surface area contributed by atoms with Gasteiger partial charge in [-0.25, -0.2) is 9.97 Å². The number of carbonyl (C=O) groups excluding carboxylic acids is 1. The Hall–Kier alpha value is -3.61. The lowest BCUT2D eigenvalue weighted by Gasteiger charge is -2.19. The third-order valence-electron chi connectivity index (χ3n) is 4.36. The summed E-state index contributed by atoms with van der Waals surface area (Å²) < 4.78 is 11.0. The first-order valence-corrected chi connectivity index (χ1v) is 9.03. The van der Waals surface area contributed by atoms with Crippen molar-refractivity contribution in [3.05, 3.63) is 72.1 Å². The Balaban J connectivity index is 1.40. The SMILES string of the molecule is CC(Nc1ncc(C(=O)Nc2ccc3c(c2)OCCO3)cn1)c1ccccc1. The highest BCUT2D eigenvalue weighted by molar-refractivity contribution is 6.04. The number of amides is 1. The Morgan fingerprint density at radius 3 is 2.46 bits per heavy atom. The van der Waals surface area contributed by atoms with Gasteiger partial charge < -0.3 is 20.1 Å². The summed E-state index contributed by atoms with van der Waals surface area (Å²) in [6.45, 7) is 3.05. The highest BCUT2D eigenvalue weighted by Gasteiger charge is 2.14. The van der Waals surface area contributed by atoms with E-state index < -0.39 is 0 Å². The summed E-state index contributed by atoms with van der Waals surface area (Å²) in [5, 5.41) is 6.04. The Labute approximate surface area is 162 Å². The summed E-state index contributed by atoms with van der Waals surface area (Å²) in [7, 11) is 0. The highest BCUT2D eigenvalue weighted by atomic mass is 16.6. The van der Waals surface area contributed by atoms with Gasteiger partial charge in [0.05, 0.1) is 11.6 Å². The van der Waals surface area contributed by atoms with Crippen molar-refractivity contribution in [3.63, 3.8) is 0 Å². The quantitative estimate of drug-likeness (QED) is 0.707. The summed E-state index contributed by atoms with van der Waals surface area (Å²) in [6, 6.07) is 15.4. The van der Waals surface area contributed by atoms with Gasteiger partial charge in [0.1, 0.15) is 13.2 Å². The lowest BCUT2D eigenvalue weighted by Crippen LogP contribution is -2.17. The standard InChI is InChI=1S/C21H20N4O3/c1-14(15-5-3-2-4-6-15)24-21-22-12-16(13-23-21)20(26)25-17-7-8-18-19(11-17)28-10-9-27-18/h2-8,11-14H,9-10H2,1H3,(H,25,26)(H,22,23,24). The average molecular weight is 376 g/mol. The number of anilines is 2. The van der Waals surface area contributed by atoms with Gasteiger partial charge >= 0.3 is 0 Å². The molecule has 3 aromatic rings. The molecule has 0 radical (unpaired) electrons. The molecule has 142 valence electrons. The van der Waals surface area contributed by atoms with Crippen LogP contribution in [0.4, 0.5) is 11.6 Å². The van der Waals surface area contributed by atoms with Crippen LogP contribution < -0.4 is 20.1 Å². The van der Waals surface area contributed by atoms with Crippen molar-refractivity contribution >= 4 is 17.5 Å². The molecule has 2 aromatic carbocycles. The monoisotopic (exact) mass is 376 g/mol. The Morgan fingerprint density at radius 1 is 1.00 bits per heavy atom. The third-order valence-corrected chi connectivity index (χ3v) is 4.36. The topological polar surface area (TPSA) is 85.4 Å². The Morgan fingerprint density at radius 2 is 1.71 bits per heavy atom. The average Bonchev–Trinajstić information content (AvgIpc) is 2.75. The number of benzene rings is 2. The molecular formula is C21H20N4O3. The zero-order valence-corrected chi connectivity index (χ0v) is 15.4. The number of rotatable bonds is 5. The largest absolute Gasteiger partial charge is 0.486 e. The van der Waals surface area contributed by atoms with Gasteiger partial charge in [0.2, 0.25) is 5.95 Å². The van der Waals surface area contributed by atoms with E-state index in [1.165, 1.54) is 12.4 Å². The molecule has 0 aliphatic carbocycles. The number of ether oxygens (including phenoxy) is 2. The molecule has 1 amide bonds. The minimum Gasteiger partial charge on any atom is -0.486 e. The van der Waals surface area contributed by atoms with Gasteiger partial charge in [0.25, 0.3) is 5.91 Å². The van der Waals surface area contributed by atoms with Gasteiger partial charge in [-0.1, -0.05) is 30.3 Å². The first-order chi connectivity index (χ1) is 13.7. The van der Waals surface area contributed by atoms with E-state index in [0.29, 0.717) is 41.9 Å². The molecule has 0 spiro atoms. The van der Waals surface area contributed by atoms with E-state index in [1.54, 1.807) is 18.2 Å². The minimum atomic E-state index is -0.292. The number of carbonyl (C=O) groups is 1. The Bertz CT molecular complexity index is 961. The first-order valence-electron chi connectivity index (χ1n) is 9.03. The zero-order chi connectivity index (χ0) is 19.3. The van der Waals surface area contributed by atoms with E-state index in [1.807, 2.05) is 37.3 Å². The van der Waals surface area contributed by atoms with Crippen LogP contribution in [0.25, 0.3) is 0 Å². The van der Waals surface area contributed by atoms with Gasteiger partial charge in [-0.05, 0) is 24.6 Å². The van der Waals surface area contributed by atoms with E-state index >= 15 is 0 Å². The molecule has 0 bridgehead atoms. The molecule has 0 saturated heterocycles.